The first-order chi connectivity index (χ1) is 12.7. The number of carbonyl (C=O) groups is 1. The van der Waals surface area contributed by atoms with Crippen LogP contribution in [0.3, 0.4) is 0 Å². The van der Waals surface area contributed by atoms with Crippen molar-refractivity contribution in [2.75, 3.05) is 13.2 Å². The number of fused-ring (bicyclic) bond motifs is 1. The molecule has 0 atom stereocenters. The third-order valence-corrected chi connectivity index (χ3v) is 3.99. The molecule has 4 heterocycles. The van der Waals surface area contributed by atoms with Gasteiger partial charge in [-0.15, -0.1) is 0 Å². The van der Waals surface area contributed by atoms with Crippen molar-refractivity contribution in [2.45, 2.75) is 19.5 Å². The van der Waals surface area contributed by atoms with Crippen LogP contribution in [0.5, 0.6) is 5.88 Å². The molecule has 1 aliphatic rings. The molecule has 0 spiro atoms. The Morgan fingerprint density at radius 2 is 2.19 bits per heavy atom. The van der Waals surface area contributed by atoms with Crippen LogP contribution in [0, 0.1) is 0 Å². The van der Waals surface area contributed by atoms with E-state index in [2.05, 4.69) is 15.5 Å². The average Bonchev–Trinajstić information content (AvgIpc) is 3.32. The van der Waals surface area contributed by atoms with E-state index in [-0.39, 0.29) is 24.6 Å². The Hall–Kier alpha value is -3.36. The summed E-state index contributed by atoms with van der Waals surface area (Å²) in [5.74, 6) is 0.863. The average molecular weight is 355 g/mol. The zero-order valence-electron chi connectivity index (χ0n) is 13.9. The van der Waals surface area contributed by atoms with Gasteiger partial charge >= 0.3 is 0 Å². The lowest BCUT2D eigenvalue weighted by Gasteiger charge is -2.13. The van der Waals surface area contributed by atoms with Crippen molar-refractivity contribution >= 4 is 5.91 Å². The number of rotatable bonds is 5. The number of carbonyl (C=O) groups excluding carboxylic acids is 1. The molecule has 0 bridgehead atoms. The summed E-state index contributed by atoms with van der Waals surface area (Å²) in [5.41, 5.74) is 0.604. The summed E-state index contributed by atoms with van der Waals surface area (Å²) >= 11 is 0. The predicted octanol–water partition coefficient (Wildman–Crippen LogP) is 0.912. The second kappa shape index (κ2) is 6.87. The molecule has 0 unspecified atom stereocenters. The highest BCUT2D eigenvalue weighted by Crippen LogP contribution is 2.18. The maximum absolute atomic E-state index is 12.2. The molecule has 0 radical (unpaired) electrons. The zero-order valence-corrected chi connectivity index (χ0v) is 13.9. The van der Waals surface area contributed by atoms with Gasteiger partial charge < -0.3 is 14.5 Å². The molecular formula is C17H17N5O4. The highest BCUT2D eigenvalue weighted by atomic mass is 16.5. The first-order valence-electron chi connectivity index (χ1n) is 8.31. The molecule has 0 fully saturated rings. The lowest BCUT2D eigenvalue weighted by Crippen LogP contribution is -2.32. The van der Waals surface area contributed by atoms with Crippen LogP contribution < -0.4 is 15.6 Å². The number of hydrogen-bond acceptors (Lipinski definition) is 6. The summed E-state index contributed by atoms with van der Waals surface area (Å²) < 4.78 is 13.7. The summed E-state index contributed by atoms with van der Waals surface area (Å²) in [6.07, 6.45) is 2.41. The maximum Gasteiger partial charge on any atom is 0.271 e. The van der Waals surface area contributed by atoms with E-state index in [0.29, 0.717) is 29.6 Å². The first kappa shape index (κ1) is 16.1. The molecule has 4 rings (SSSR count). The van der Waals surface area contributed by atoms with Gasteiger partial charge in [0, 0.05) is 31.6 Å². The fourth-order valence-electron chi connectivity index (χ4n) is 2.71. The van der Waals surface area contributed by atoms with Gasteiger partial charge in [0.15, 0.2) is 11.5 Å². The summed E-state index contributed by atoms with van der Waals surface area (Å²) in [5, 5.41) is 11.2. The Morgan fingerprint density at radius 1 is 1.27 bits per heavy atom. The fourth-order valence-corrected chi connectivity index (χ4v) is 2.71. The van der Waals surface area contributed by atoms with Gasteiger partial charge in [0.05, 0.1) is 19.4 Å². The minimum atomic E-state index is -0.314. The molecular weight excluding hydrogens is 338 g/mol. The van der Waals surface area contributed by atoms with Crippen LogP contribution in [-0.4, -0.2) is 38.6 Å². The molecule has 1 amide bonds. The van der Waals surface area contributed by atoms with E-state index < -0.39 is 0 Å². The smallest absolute Gasteiger partial charge is 0.271 e. The third-order valence-electron chi connectivity index (χ3n) is 3.99. The van der Waals surface area contributed by atoms with E-state index >= 15 is 0 Å². The van der Waals surface area contributed by atoms with Crippen LogP contribution >= 0.6 is 0 Å². The molecule has 0 saturated heterocycles. The maximum atomic E-state index is 12.2. The highest BCUT2D eigenvalue weighted by Gasteiger charge is 2.17. The van der Waals surface area contributed by atoms with Gasteiger partial charge in [-0.25, -0.2) is 9.36 Å². The summed E-state index contributed by atoms with van der Waals surface area (Å²) in [6.45, 7) is 1.86. The lowest BCUT2D eigenvalue weighted by molar-refractivity contribution is 0.0946. The van der Waals surface area contributed by atoms with Crippen LogP contribution in [0.1, 0.15) is 16.9 Å². The van der Waals surface area contributed by atoms with E-state index in [0.717, 1.165) is 13.0 Å². The SMILES string of the molecule is O=C(NCCn1nc(-c2ccco2)ccc1=O)c1cc2n(n1)CCCO2. The van der Waals surface area contributed by atoms with Crippen molar-refractivity contribution in [3.05, 3.63) is 52.6 Å². The molecule has 0 saturated carbocycles. The quantitative estimate of drug-likeness (QED) is 0.730. The van der Waals surface area contributed by atoms with E-state index in [9.17, 15) is 9.59 Å². The number of amides is 1. The first-order valence-corrected chi connectivity index (χ1v) is 8.31. The minimum absolute atomic E-state index is 0.239. The van der Waals surface area contributed by atoms with Gasteiger partial charge in [-0.3, -0.25) is 9.59 Å². The van der Waals surface area contributed by atoms with Crippen molar-refractivity contribution in [3.8, 4) is 17.3 Å². The Bertz CT molecular complexity index is 950. The number of furan rings is 1. The van der Waals surface area contributed by atoms with Crippen molar-refractivity contribution in [3.63, 3.8) is 0 Å². The molecule has 3 aromatic heterocycles. The molecule has 0 aliphatic carbocycles. The van der Waals surface area contributed by atoms with E-state index in [1.54, 1.807) is 35.2 Å². The fraction of sp³-hybridized carbons (Fsp3) is 0.294. The van der Waals surface area contributed by atoms with Gasteiger partial charge in [0.2, 0.25) is 5.88 Å². The topological polar surface area (TPSA) is 104 Å². The van der Waals surface area contributed by atoms with Crippen LogP contribution in [0.2, 0.25) is 0 Å². The van der Waals surface area contributed by atoms with Crippen LogP contribution in [0.4, 0.5) is 0 Å². The van der Waals surface area contributed by atoms with Crippen molar-refractivity contribution in [1.82, 2.24) is 24.9 Å². The number of hydrogen-bond donors (Lipinski definition) is 1. The van der Waals surface area contributed by atoms with Gasteiger partial charge in [0.25, 0.3) is 11.5 Å². The van der Waals surface area contributed by atoms with Crippen molar-refractivity contribution in [1.29, 1.82) is 0 Å². The van der Waals surface area contributed by atoms with Gasteiger partial charge in [-0.1, -0.05) is 0 Å². The number of aromatic nitrogens is 4. The molecule has 26 heavy (non-hydrogen) atoms. The monoisotopic (exact) mass is 355 g/mol. The lowest BCUT2D eigenvalue weighted by atomic mass is 10.3. The Kier molecular flexibility index (Phi) is 4.26. The molecule has 0 aromatic carbocycles. The van der Waals surface area contributed by atoms with Gasteiger partial charge in [0.1, 0.15) is 5.69 Å². The highest BCUT2D eigenvalue weighted by molar-refractivity contribution is 5.92. The normalized spacial score (nSPS) is 13.1. The zero-order chi connectivity index (χ0) is 17.9. The standard InChI is InChI=1S/C17H17N5O4/c23-15-5-4-12(14-3-1-9-25-14)19-21(15)8-6-18-17(24)13-11-16-22(20-13)7-2-10-26-16/h1,3-5,9,11H,2,6-8,10H2,(H,18,24). The molecule has 3 aromatic rings. The predicted molar refractivity (Wildman–Crippen MR) is 90.9 cm³/mol. The van der Waals surface area contributed by atoms with Crippen molar-refractivity contribution < 1.29 is 13.9 Å². The van der Waals surface area contributed by atoms with E-state index in [1.165, 1.54) is 10.7 Å². The molecule has 1 aliphatic heterocycles. The van der Waals surface area contributed by atoms with Crippen LogP contribution in [0.15, 0.2) is 45.8 Å². The summed E-state index contributed by atoms with van der Waals surface area (Å²) in [6, 6.07) is 8.16. The second-order valence-corrected chi connectivity index (χ2v) is 5.81. The molecule has 9 heteroatoms. The number of ether oxygens (including phenoxy) is 1. The Labute approximate surface area is 148 Å². The molecule has 9 nitrogen and oxygen atoms in total. The molecule has 134 valence electrons. The third kappa shape index (κ3) is 3.23. The molecule has 1 N–H and O–H groups in total. The van der Waals surface area contributed by atoms with Gasteiger partial charge in [-0.05, 0) is 18.2 Å². The Balaban J connectivity index is 1.40. The minimum Gasteiger partial charge on any atom is -0.478 e. The van der Waals surface area contributed by atoms with Gasteiger partial charge in [-0.2, -0.15) is 10.2 Å². The number of nitrogens with zero attached hydrogens (tertiary/aromatic N) is 4. The largest absolute Gasteiger partial charge is 0.478 e. The summed E-state index contributed by atoms with van der Waals surface area (Å²) in [4.78, 5) is 24.2. The van der Waals surface area contributed by atoms with Crippen molar-refractivity contribution in [2.24, 2.45) is 0 Å². The van der Waals surface area contributed by atoms with E-state index in [1.807, 2.05) is 0 Å². The summed E-state index contributed by atoms with van der Waals surface area (Å²) in [7, 11) is 0. The van der Waals surface area contributed by atoms with Crippen LogP contribution in [0.25, 0.3) is 11.5 Å². The Morgan fingerprint density at radius 3 is 3.00 bits per heavy atom. The second-order valence-electron chi connectivity index (χ2n) is 5.81. The number of aryl methyl sites for hydroxylation is 1. The van der Waals surface area contributed by atoms with E-state index in [4.69, 9.17) is 9.15 Å². The number of nitrogens with one attached hydrogen (secondary N) is 1. The van der Waals surface area contributed by atoms with Crippen LogP contribution in [-0.2, 0) is 13.1 Å².